The second-order valence-electron chi connectivity index (χ2n) is 5.38. The highest BCUT2D eigenvalue weighted by atomic mass is 16.4. The molecule has 0 saturated carbocycles. The molecule has 0 aliphatic heterocycles. The van der Waals surface area contributed by atoms with Crippen LogP contribution in [0.2, 0.25) is 0 Å². The molecule has 0 radical (unpaired) electrons. The normalized spacial score (nSPS) is 11.2. The molecule has 0 aliphatic rings. The summed E-state index contributed by atoms with van der Waals surface area (Å²) in [7, 11) is 0. The molecule has 0 atom stereocenters. The molecule has 2 heteroatoms. The van der Waals surface area contributed by atoms with Crippen molar-refractivity contribution >= 4 is 12.0 Å². The van der Waals surface area contributed by atoms with Crippen LogP contribution in [0.25, 0.3) is 6.08 Å². The highest BCUT2D eigenvalue weighted by Gasteiger charge is 2.10. The van der Waals surface area contributed by atoms with E-state index in [2.05, 4.69) is 19.1 Å². The zero-order valence-corrected chi connectivity index (χ0v) is 12.9. The minimum atomic E-state index is -0.850. The lowest BCUT2D eigenvalue weighted by atomic mass is 9.97. The smallest absolute Gasteiger partial charge is 0.335 e. The Morgan fingerprint density at radius 3 is 2.50 bits per heavy atom. The van der Waals surface area contributed by atoms with Gasteiger partial charge in [-0.2, -0.15) is 0 Å². The van der Waals surface area contributed by atoms with Gasteiger partial charge in [-0.15, -0.1) is 0 Å². The molecule has 0 aliphatic carbocycles. The predicted molar refractivity (Wildman–Crippen MR) is 85.3 cm³/mol. The summed E-state index contributed by atoms with van der Waals surface area (Å²) in [4.78, 5) is 11.1. The van der Waals surface area contributed by atoms with Crippen LogP contribution in [0, 0.1) is 13.8 Å². The third kappa shape index (κ3) is 4.84. The van der Waals surface area contributed by atoms with Crippen LogP contribution in [0.3, 0.4) is 0 Å². The van der Waals surface area contributed by atoms with E-state index in [1.807, 2.05) is 19.9 Å². The number of allylic oxidation sites excluding steroid dienone is 1. The molecule has 1 aromatic carbocycles. The summed E-state index contributed by atoms with van der Waals surface area (Å²) in [6, 6.07) is 3.58. The van der Waals surface area contributed by atoms with E-state index in [9.17, 15) is 4.79 Å². The number of carbonyl (C=O) groups is 1. The summed E-state index contributed by atoms with van der Waals surface area (Å²) < 4.78 is 0. The number of carboxylic acid groups (broad SMARTS) is 1. The second-order valence-corrected chi connectivity index (χ2v) is 5.38. The van der Waals surface area contributed by atoms with E-state index < -0.39 is 5.97 Å². The first-order valence-electron chi connectivity index (χ1n) is 7.58. The van der Waals surface area contributed by atoms with Crippen LogP contribution >= 0.6 is 0 Å². The van der Waals surface area contributed by atoms with Crippen molar-refractivity contribution in [3.8, 4) is 0 Å². The fourth-order valence-corrected chi connectivity index (χ4v) is 2.42. The molecule has 1 rings (SSSR count). The van der Waals surface area contributed by atoms with E-state index in [-0.39, 0.29) is 0 Å². The Morgan fingerprint density at radius 1 is 1.15 bits per heavy atom. The number of aromatic carboxylic acids is 1. The molecule has 2 nitrogen and oxygen atoms in total. The lowest BCUT2D eigenvalue weighted by molar-refractivity contribution is 0.0696. The number of unbranched alkanes of at least 4 members (excludes halogenated alkanes) is 5. The molecule has 0 spiro atoms. The van der Waals surface area contributed by atoms with Crippen molar-refractivity contribution < 1.29 is 9.90 Å². The van der Waals surface area contributed by atoms with Crippen molar-refractivity contribution in [2.75, 3.05) is 0 Å². The van der Waals surface area contributed by atoms with E-state index in [1.54, 1.807) is 6.07 Å². The van der Waals surface area contributed by atoms with Crippen LogP contribution in [0.15, 0.2) is 18.2 Å². The number of carboxylic acids is 1. The van der Waals surface area contributed by atoms with Crippen molar-refractivity contribution in [3.05, 3.63) is 40.5 Å². The van der Waals surface area contributed by atoms with E-state index in [1.165, 1.54) is 32.1 Å². The first kappa shape index (κ1) is 16.5. The zero-order chi connectivity index (χ0) is 15.0. The molecular weight excluding hydrogens is 248 g/mol. The van der Waals surface area contributed by atoms with E-state index >= 15 is 0 Å². The number of rotatable bonds is 8. The average Bonchev–Trinajstić information content (AvgIpc) is 2.40. The Bertz CT molecular complexity index is 473. The van der Waals surface area contributed by atoms with Crippen LogP contribution < -0.4 is 0 Å². The average molecular weight is 274 g/mol. The molecule has 110 valence electrons. The Balaban J connectivity index is 2.63. The van der Waals surface area contributed by atoms with Gasteiger partial charge in [0.1, 0.15) is 0 Å². The Labute approximate surface area is 122 Å². The zero-order valence-electron chi connectivity index (χ0n) is 12.9. The number of hydrogen-bond donors (Lipinski definition) is 1. The van der Waals surface area contributed by atoms with E-state index in [4.69, 9.17) is 5.11 Å². The second kappa shape index (κ2) is 8.57. The van der Waals surface area contributed by atoms with Gasteiger partial charge in [-0.1, -0.05) is 50.8 Å². The molecule has 1 N–H and O–H groups in total. The standard InChI is InChI=1S/C18H26O2/c1-4-5-6-7-8-9-10-11-16-14(2)12-13-17(15(16)3)18(19)20/h10-13H,4-9H2,1-3H3,(H,19,20). The summed E-state index contributed by atoms with van der Waals surface area (Å²) >= 11 is 0. The van der Waals surface area contributed by atoms with Gasteiger partial charge in [0.25, 0.3) is 0 Å². The molecule has 20 heavy (non-hydrogen) atoms. The summed E-state index contributed by atoms with van der Waals surface area (Å²) in [5, 5.41) is 9.15. The van der Waals surface area contributed by atoms with Gasteiger partial charge < -0.3 is 5.11 Å². The maximum absolute atomic E-state index is 11.1. The minimum Gasteiger partial charge on any atom is -0.478 e. The van der Waals surface area contributed by atoms with E-state index in [0.29, 0.717) is 5.56 Å². The first-order valence-corrected chi connectivity index (χ1v) is 7.58. The summed E-state index contributed by atoms with van der Waals surface area (Å²) in [5.41, 5.74) is 3.45. The van der Waals surface area contributed by atoms with Gasteiger partial charge in [-0.3, -0.25) is 0 Å². The predicted octanol–water partition coefficient (Wildman–Crippen LogP) is 5.38. The number of aryl methyl sites for hydroxylation is 1. The van der Waals surface area contributed by atoms with E-state index in [0.717, 1.165) is 23.1 Å². The third-order valence-corrected chi connectivity index (χ3v) is 3.72. The maximum Gasteiger partial charge on any atom is 0.335 e. The fraction of sp³-hybridized carbons (Fsp3) is 0.500. The van der Waals surface area contributed by atoms with Crippen LogP contribution in [0.4, 0.5) is 0 Å². The minimum absolute atomic E-state index is 0.401. The fourth-order valence-electron chi connectivity index (χ4n) is 2.42. The van der Waals surface area contributed by atoms with Crippen LogP contribution in [0.1, 0.15) is 72.5 Å². The van der Waals surface area contributed by atoms with Crippen molar-refractivity contribution in [3.63, 3.8) is 0 Å². The molecule has 0 saturated heterocycles. The first-order chi connectivity index (χ1) is 9.57. The number of benzene rings is 1. The quantitative estimate of drug-likeness (QED) is 0.646. The van der Waals surface area contributed by atoms with Crippen LogP contribution in [-0.2, 0) is 0 Å². The Kier molecular flexibility index (Phi) is 7.06. The lowest BCUT2D eigenvalue weighted by Gasteiger charge is -2.08. The summed E-state index contributed by atoms with van der Waals surface area (Å²) in [6.45, 7) is 6.14. The lowest BCUT2D eigenvalue weighted by Crippen LogP contribution is -2.02. The van der Waals surface area contributed by atoms with Gasteiger partial charge in [0.15, 0.2) is 0 Å². The van der Waals surface area contributed by atoms with Gasteiger partial charge in [0, 0.05) is 0 Å². The third-order valence-electron chi connectivity index (χ3n) is 3.72. The topological polar surface area (TPSA) is 37.3 Å². The van der Waals surface area contributed by atoms with Crippen molar-refractivity contribution in [1.82, 2.24) is 0 Å². The molecule has 0 fully saturated rings. The van der Waals surface area contributed by atoms with Gasteiger partial charge in [0.05, 0.1) is 5.56 Å². The molecule has 1 aromatic rings. The van der Waals surface area contributed by atoms with Crippen LogP contribution in [-0.4, -0.2) is 11.1 Å². The maximum atomic E-state index is 11.1. The SMILES string of the molecule is CCCCCCCC=Cc1c(C)ccc(C(=O)O)c1C. The molecule has 0 amide bonds. The van der Waals surface area contributed by atoms with Crippen molar-refractivity contribution in [1.29, 1.82) is 0 Å². The van der Waals surface area contributed by atoms with Gasteiger partial charge in [-0.05, 0) is 49.4 Å². The summed E-state index contributed by atoms with van der Waals surface area (Å²) in [6.07, 6.45) is 11.7. The number of hydrogen-bond acceptors (Lipinski definition) is 1. The Morgan fingerprint density at radius 2 is 1.85 bits per heavy atom. The van der Waals surface area contributed by atoms with Gasteiger partial charge >= 0.3 is 5.97 Å². The van der Waals surface area contributed by atoms with Crippen LogP contribution in [0.5, 0.6) is 0 Å². The highest BCUT2D eigenvalue weighted by molar-refractivity contribution is 5.90. The molecule has 0 bridgehead atoms. The highest BCUT2D eigenvalue weighted by Crippen LogP contribution is 2.20. The van der Waals surface area contributed by atoms with Crippen molar-refractivity contribution in [2.24, 2.45) is 0 Å². The van der Waals surface area contributed by atoms with Gasteiger partial charge in [-0.25, -0.2) is 4.79 Å². The molecule has 0 aromatic heterocycles. The van der Waals surface area contributed by atoms with Gasteiger partial charge in [0.2, 0.25) is 0 Å². The Hall–Kier alpha value is -1.57. The summed E-state index contributed by atoms with van der Waals surface area (Å²) in [5.74, 6) is -0.850. The van der Waals surface area contributed by atoms with Crippen molar-refractivity contribution in [2.45, 2.75) is 59.3 Å². The monoisotopic (exact) mass is 274 g/mol. The molecule has 0 unspecified atom stereocenters. The molecule has 0 heterocycles. The largest absolute Gasteiger partial charge is 0.478 e. The molecular formula is C18H26O2.